The van der Waals surface area contributed by atoms with Crippen molar-refractivity contribution in [1.82, 2.24) is 0 Å². The molecule has 0 spiro atoms. The van der Waals surface area contributed by atoms with Crippen molar-refractivity contribution in [2.24, 2.45) is 5.11 Å². The molecule has 9 heteroatoms. The molecule has 0 saturated heterocycles. The molecular formula is C74H89N3O6. The summed E-state index contributed by atoms with van der Waals surface area (Å²) >= 11 is 0. The Bertz CT molecular complexity index is 3320. The van der Waals surface area contributed by atoms with Crippen molar-refractivity contribution in [1.29, 1.82) is 0 Å². The molecule has 0 amide bonds. The standard InChI is InChI=1S/C74H89N3O6/c1-69(2,3)56-28-44-22-45-29-57(70(4,5)6)33-49(64(45)79)25-54-38-61(74(16,17)18)39-55-27-51-35-59(72(10,11)12)31-47(66(51)81)23-46-30-58(71(7,8)9)34-50(65(46)80)26-53-37-60(73(13,14)15)36-52(24-48(32-56)63(44)78)67(53)82-40-42-20-19-21-43(41-83-68(54)55)62(42)76-77-75/h19-21,28-39,78-81H,22-27,40-41H2,1-18H3. The molecule has 4 N–H and O–H groups in total. The fraction of sp³-hybridized carbons (Fsp3) is 0.432. The van der Waals surface area contributed by atoms with Gasteiger partial charge >= 0.3 is 0 Å². The van der Waals surface area contributed by atoms with Crippen LogP contribution < -0.4 is 9.47 Å². The molecule has 83 heavy (non-hydrogen) atoms. The third kappa shape index (κ3) is 12.8. The SMILES string of the molecule is CC(C)(C)c1cc2c(O)c(c1)Cc1cc(C(C)(C)C)cc3c1OCc1cccc(c1N=[N+]=[N-])COc1c(cc(C(C)(C)C)cc1Cc1cc(C(C)(C)C)cc(c1O)Cc1cc(C(C)(C)C)cc(c1O)C3)Cc1cc(C(C)(C)C)cc(c1O)C2. The van der Waals surface area contributed by atoms with Gasteiger partial charge in [-0.1, -0.05) is 221 Å². The molecule has 12 bridgehead atoms. The van der Waals surface area contributed by atoms with Crippen LogP contribution in [0.4, 0.5) is 5.69 Å². The first-order valence-corrected chi connectivity index (χ1v) is 29.6. The predicted molar refractivity (Wildman–Crippen MR) is 338 cm³/mol. The molecule has 2 aliphatic rings. The monoisotopic (exact) mass is 1120 g/mol. The Morgan fingerprint density at radius 1 is 0.325 bits per heavy atom. The van der Waals surface area contributed by atoms with E-state index >= 15 is 0 Å². The summed E-state index contributed by atoms with van der Waals surface area (Å²) in [5.41, 5.74) is 25.3. The van der Waals surface area contributed by atoms with Gasteiger partial charge in [0.1, 0.15) is 47.7 Å². The Morgan fingerprint density at radius 3 is 0.711 bits per heavy atom. The van der Waals surface area contributed by atoms with Crippen LogP contribution >= 0.6 is 0 Å². The Labute approximate surface area is 494 Å². The molecule has 9 nitrogen and oxygen atoms in total. The lowest BCUT2D eigenvalue weighted by atomic mass is 9.79. The van der Waals surface area contributed by atoms with Gasteiger partial charge in [-0.05, 0) is 149 Å². The number of nitrogens with zero attached hydrogens (tertiary/aromatic N) is 3. The highest BCUT2D eigenvalue weighted by Gasteiger charge is 2.31. The van der Waals surface area contributed by atoms with Crippen LogP contribution in [0.25, 0.3) is 10.4 Å². The summed E-state index contributed by atoms with van der Waals surface area (Å²) in [7, 11) is 0. The van der Waals surface area contributed by atoms with Gasteiger partial charge in [-0.25, -0.2) is 0 Å². The van der Waals surface area contributed by atoms with E-state index < -0.39 is 0 Å². The molecule has 2 heterocycles. The Morgan fingerprint density at radius 2 is 0.518 bits per heavy atom. The lowest BCUT2D eigenvalue weighted by Crippen LogP contribution is -2.16. The molecule has 0 unspecified atom stereocenters. The van der Waals surface area contributed by atoms with Gasteiger partial charge in [0.25, 0.3) is 0 Å². The fourth-order valence-corrected chi connectivity index (χ4v) is 11.7. The van der Waals surface area contributed by atoms with Crippen molar-refractivity contribution in [2.75, 3.05) is 0 Å². The van der Waals surface area contributed by atoms with Crippen molar-refractivity contribution in [3.05, 3.63) is 213 Å². The Balaban J connectivity index is 1.48. The van der Waals surface area contributed by atoms with Crippen LogP contribution in [-0.4, -0.2) is 20.4 Å². The van der Waals surface area contributed by atoms with Crippen LogP contribution in [0.15, 0.2) is 96.1 Å². The highest BCUT2D eigenvalue weighted by Crippen LogP contribution is 2.46. The summed E-state index contributed by atoms with van der Waals surface area (Å²) in [6.07, 6.45) is 1.65. The van der Waals surface area contributed by atoms with Crippen molar-refractivity contribution >= 4 is 5.69 Å². The van der Waals surface area contributed by atoms with Crippen LogP contribution in [0.3, 0.4) is 0 Å². The quantitative estimate of drug-likeness (QED) is 0.0731. The second-order valence-corrected chi connectivity index (χ2v) is 30.1. The maximum Gasteiger partial charge on any atom is 0.126 e. The third-order valence-corrected chi connectivity index (χ3v) is 17.1. The number of hydrogen-bond acceptors (Lipinski definition) is 7. The van der Waals surface area contributed by atoms with Gasteiger partial charge in [0.2, 0.25) is 0 Å². The Hall–Kier alpha value is -7.35. The number of benzene rings is 7. The maximum atomic E-state index is 12.9. The number of hydrogen-bond donors (Lipinski definition) is 4. The number of phenols is 4. The highest BCUT2D eigenvalue weighted by molar-refractivity contribution is 5.62. The first kappa shape index (κ1) is 60.2. The lowest BCUT2D eigenvalue weighted by Gasteiger charge is -2.28. The van der Waals surface area contributed by atoms with E-state index in [9.17, 15) is 26.0 Å². The third-order valence-electron chi connectivity index (χ3n) is 17.1. The zero-order chi connectivity index (χ0) is 60.7. The molecule has 0 saturated carbocycles. The molecular weight excluding hydrogens is 1030 g/mol. The molecule has 436 valence electrons. The zero-order valence-electron chi connectivity index (χ0n) is 52.8. The maximum absolute atomic E-state index is 12.9. The number of azide groups is 1. The minimum absolute atomic E-state index is 0.0282. The topological polar surface area (TPSA) is 148 Å². The average Bonchev–Trinajstić information content (AvgIpc) is 3.30. The number of phenolic OH excluding ortho intramolecular Hbond substituents is 4. The Kier molecular flexibility index (Phi) is 15.7. The van der Waals surface area contributed by atoms with Crippen molar-refractivity contribution < 1.29 is 29.9 Å². The van der Waals surface area contributed by atoms with Gasteiger partial charge in [-0.15, -0.1) is 0 Å². The molecule has 0 aromatic heterocycles. The molecule has 2 aliphatic heterocycles. The van der Waals surface area contributed by atoms with Gasteiger partial charge in [0, 0.05) is 43.4 Å². The van der Waals surface area contributed by atoms with Crippen molar-refractivity contribution in [2.45, 2.75) is 209 Å². The summed E-state index contributed by atoms with van der Waals surface area (Å²) in [5.74, 6) is 1.78. The minimum Gasteiger partial charge on any atom is -0.507 e. The van der Waals surface area contributed by atoms with Gasteiger partial charge in [-0.2, -0.15) is 0 Å². The largest absolute Gasteiger partial charge is 0.507 e. The summed E-state index contributed by atoms with van der Waals surface area (Å²) in [6.45, 7) is 39.4. The average molecular weight is 1120 g/mol. The van der Waals surface area contributed by atoms with E-state index in [4.69, 9.17) is 9.47 Å². The second kappa shape index (κ2) is 21.7. The highest BCUT2D eigenvalue weighted by atomic mass is 16.5. The zero-order valence-corrected chi connectivity index (χ0v) is 52.8. The normalized spacial score (nSPS) is 14.4. The van der Waals surface area contributed by atoms with Gasteiger partial charge < -0.3 is 29.9 Å². The van der Waals surface area contributed by atoms with Crippen LogP contribution in [0.1, 0.15) is 236 Å². The summed E-state index contributed by atoms with van der Waals surface area (Å²) in [4.78, 5) is 3.39. The predicted octanol–water partition coefficient (Wildman–Crippen LogP) is 18.6. The first-order valence-electron chi connectivity index (χ1n) is 29.6. The molecule has 7 aromatic rings. The second-order valence-electron chi connectivity index (χ2n) is 30.1. The van der Waals surface area contributed by atoms with Gasteiger partial charge in [0.15, 0.2) is 0 Å². The fourth-order valence-electron chi connectivity index (χ4n) is 11.7. The number of fused-ring (bicyclic) bond motifs is 10. The van der Waals surface area contributed by atoms with Gasteiger partial charge in [0.05, 0.1) is 5.69 Å². The van der Waals surface area contributed by atoms with E-state index in [0.717, 1.165) is 55.6 Å². The molecule has 0 fully saturated rings. The van der Waals surface area contributed by atoms with Crippen molar-refractivity contribution in [3.8, 4) is 34.5 Å². The molecule has 0 aliphatic carbocycles. The molecule has 9 rings (SSSR count). The van der Waals surface area contributed by atoms with Crippen LogP contribution in [0.5, 0.6) is 34.5 Å². The van der Waals surface area contributed by atoms with E-state index in [2.05, 4.69) is 207 Å². The molecule has 7 aromatic carbocycles. The molecule has 0 radical (unpaired) electrons. The number of aromatic hydroxyl groups is 4. The summed E-state index contributed by atoms with van der Waals surface area (Å²) in [6, 6.07) is 31.4. The molecule has 0 atom stereocenters. The van der Waals surface area contributed by atoms with E-state index in [1.165, 1.54) is 0 Å². The van der Waals surface area contributed by atoms with Crippen molar-refractivity contribution in [3.63, 3.8) is 0 Å². The smallest absolute Gasteiger partial charge is 0.126 e. The minimum atomic E-state index is -0.338. The first-order chi connectivity index (χ1) is 38.5. The number of rotatable bonds is 1. The van der Waals surface area contributed by atoms with E-state index in [0.29, 0.717) is 72.8 Å². The van der Waals surface area contributed by atoms with Crippen LogP contribution in [0.2, 0.25) is 0 Å². The number of ether oxygens (including phenoxy) is 2. The lowest BCUT2D eigenvalue weighted by molar-refractivity contribution is 0.295. The summed E-state index contributed by atoms with van der Waals surface area (Å²) in [5, 5.41) is 56.1. The van der Waals surface area contributed by atoms with E-state index in [1.807, 2.05) is 18.2 Å². The van der Waals surface area contributed by atoms with Crippen LogP contribution in [-0.2, 0) is 84.2 Å². The summed E-state index contributed by atoms with van der Waals surface area (Å²) < 4.78 is 14.5. The van der Waals surface area contributed by atoms with E-state index in [-0.39, 0.29) is 107 Å². The van der Waals surface area contributed by atoms with E-state index in [1.54, 1.807) is 0 Å². The van der Waals surface area contributed by atoms with Gasteiger partial charge in [-0.3, -0.25) is 0 Å². The van der Waals surface area contributed by atoms with Crippen LogP contribution in [0, 0.1) is 0 Å².